The monoisotopic (exact) mass is 446 g/mol. The molecule has 0 saturated carbocycles. The van der Waals surface area contributed by atoms with Crippen LogP contribution in [0.25, 0.3) is 0 Å². The molecule has 164 valence electrons. The minimum atomic E-state index is -1.45. The first-order valence-corrected chi connectivity index (χ1v) is 15.3. The number of carboxylic acid groups (broad SMARTS) is 1. The lowest BCUT2D eigenvalue weighted by Gasteiger charge is -2.43. The molecule has 1 amide bonds. The third-order valence-electron chi connectivity index (χ3n) is 6.00. The molecule has 7 heteroatoms. The number of rotatable bonds is 2. The van der Waals surface area contributed by atoms with Crippen LogP contribution < -0.4 is 4.72 Å². The molecule has 0 bridgehead atoms. The lowest BCUT2D eigenvalue weighted by Crippen LogP contribution is -2.50. The quantitative estimate of drug-likeness (QED) is 0.403. The molecule has 2 N–H and O–H groups in total. The van der Waals surface area contributed by atoms with Crippen LogP contribution in [-0.4, -0.2) is 46.6 Å². The molecule has 1 aliphatic heterocycles. The molecule has 1 aromatic rings. The molecular weight excluding hydrogens is 412 g/mol. The van der Waals surface area contributed by atoms with Gasteiger partial charge in [0.15, 0.2) is 0 Å². The highest BCUT2D eigenvalue weighted by Crippen LogP contribution is 2.52. The Labute approximate surface area is 184 Å². The van der Waals surface area contributed by atoms with Crippen molar-refractivity contribution in [2.45, 2.75) is 70.5 Å². The molecule has 30 heavy (non-hydrogen) atoms. The highest BCUT2D eigenvalue weighted by atomic mass is 32.2. The van der Waals surface area contributed by atoms with E-state index in [9.17, 15) is 14.5 Å². The third kappa shape index (κ3) is 5.05. The Morgan fingerprint density at radius 2 is 1.93 bits per heavy atom. The number of benzene rings is 1. The van der Waals surface area contributed by atoms with Crippen molar-refractivity contribution in [3.05, 3.63) is 34.9 Å². The van der Waals surface area contributed by atoms with E-state index in [0.717, 1.165) is 24.8 Å². The number of piperidine rings is 1. The van der Waals surface area contributed by atoms with Crippen molar-refractivity contribution in [1.29, 1.82) is 0 Å². The highest BCUT2D eigenvalue weighted by molar-refractivity contribution is 7.90. The van der Waals surface area contributed by atoms with Crippen LogP contribution in [0.2, 0.25) is 19.6 Å². The average molecular weight is 447 g/mol. The second-order valence-electron chi connectivity index (χ2n) is 10.7. The fourth-order valence-electron chi connectivity index (χ4n) is 4.27. The van der Waals surface area contributed by atoms with Gasteiger partial charge in [-0.15, -0.1) is 10.3 Å². The van der Waals surface area contributed by atoms with Gasteiger partial charge in [0.25, 0.3) is 0 Å². The van der Waals surface area contributed by atoms with E-state index in [2.05, 4.69) is 54.0 Å². The Morgan fingerprint density at radius 3 is 2.47 bits per heavy atom. The first kappa shape index (κ1) is 23.2. The fraction of sp³-hybridized carbons (Fsp3) is 0.609. The van der Waals surface area contributed by atoms with E-state index < -0.39 is 25.5 Å². The number of carbonyl (C=O) groups is 1. The molecule has 0 unspecified atom stereocenters. The van der Waals surface area contributed by atoms with Gasteiger partial charge < -0.3 is 14.6 Å². The Hall–Kier alpha value is -1.46. The molecule has 2 atom stereocenters. The zero-order valence-corrected chi connectivity index (χ0v) is 20.8. The minimum absolute atomic E-state index is 0.0393. The molecule has 1 aromatic carbocycles. The molecule has 3 rings (SSSR count). The van der Waals surface area contributed by atoms with Gasteiger partial charge in [-0.25, -0.2) is 4.79 Å². The normalized spacial score (nSPS) is 21.7. The van der Waals surface area contributed by atoms with Gasteiger partial charge in [-0.05, 0) is 63.3 Å². The summed E-state index contributed by atoms with van der Waals surface area (Å²) in [5.74, 6) is 3.35. The zero-order chi connectivity index (χ0) is 22.3. The van der Waals surface area contributed by atoms with Crippen molar-refractivity contribution in [3.8, 4) is 11.5 Å². The number of likely N-dealkylation sites (tertiary alicyclic amines) is 1. The standard InChI is InChI=1S/C23H34N2O3SSi/c1-22(2,3)29(28)24-20-19-8-7-17(9-14-30(4,5)6)15-18(19)16-23(20)10-12-25(13-11-23)21(26)27/h7-8,15,20,24H,10-13,16H2,1-6H3,(H,26,27)/t20-,29-/m1/s1. The first-order chi connectivity index (χ1) is 13.8. The van der Waals surface area contributed by atoms with Gasteiger partial charge in [0.1, 0.15) is 12.8 Å². The minimum Gasteiger partial charge on any atom is -0.598 e. The van der Waals surface area contributed by atoms with Crippen LogP contribution in [-0.2, 0) is 17.8 Å². The molecule has 2 aliphatic rings. The van der Waals surface area contributed by atoms with Gasteiger partial charge in [-0.1, -0.05) is 31.6 Å². The fourth-order valence-corrected chi connectivity index (χ4v) is 5.73. The topological polar surface area (TPSA) is 75.6 Å². The van der Waals surface area contributed by atoms with E-state index in [1.165, 1.54) is 16.0 Å². The molecule has 0 radical (unpaired) electrons. The summed E-state index contributed by atoms with van der Waals surface area (Å²) in [6.45, 7) is 13.7. The summed E-state index contributed by atoms with van der Waals surface area (Å²) in [6.07, 6.45) is 1.55. The van der Waals surface area contributed by atoms with Crippen LogP contribution in [0.1, 0.15) is 56.3 Å². The maximum absolute atomic E-state index is 13.0. The summed E-state index contributed by atoms with van der Waals surface area (Å²) in [5.41, 5.74) is 6.80. The van der Waals surface area contributed by atoms with Crippen LogP contribution >= 0.6 is 0 Å². The van der Waals surface area contributed by atoms with Crippen LogP contribution in [0.15, 0.2) is 18.2 Å². The molecule has 5 nitrogen and oxygen atoms in total. The Kier molecular flexibility index (Phi) is 6.37. The number of hydrogen-bond acceptors (Lipinski definition) is 3. The van der Waals surface area contributed by atoms with Crippen LogP contribution in [0, 0.1) is 16.9 Å². The highest BCUT2D eigenvalue weighted by Gasteiger charge is 2.50. The van der Waals surface area contributed by atoms with Crippen molar-refractivity contribution < 1.29 is 14.5 Å². The van der Waals surface area contributed by atoms with E-state index in [-0.39, 0.29) is 16.2 Å². The molecule has 1 saturated heterocycles. The van der Waals surface area contributed by atoms with E-state index in [0.29, 0.717) is 13.1 Å². The zero-order valence-electron chi connectivity index (χ0n) is 19.0. The van der Waals surface area contributed by atoms with Crippen molar-refractivity contribution in [1.82, 2.24) is 9.62 Å². The number of nitrogens with one attached hydrogen (secondary N) is 1. The SMILES string of the molecule is CC(C)(C)[S@@+]([O-])N[C@@H]1c2ccc(C#C[Si](C)(C)C)cc2CC12CCN(C(=O)O)CC2. The molecule has 1 spiro atoms. The maximum Gasteiger partial charge on any atom is 0.407 e. The summed E-state index contributed by atoms with van der Waals surface area (Å²) >= 11 is -1.20. The third-order valence-corrected chi connectivity index (χ3v) is 8.44. The van der Waals surface area contributed by atoms with E-state index in [4.69, 9.17) is 0 Å². The molecule has 1 heterocycles. The Bertz CT molecular complexity index is 871. The van der Waals surface area contributed by atoms with Crippen LogP contribution in [0.3, 0.4) is 0 Å². The Balaban J connectivity index is 1.94. The average Bonchev–Trinajstić information content (AvgIpc) is 2.91. The van der Waals surface area contributed by atoms with Gasteiger partial charge >= 0.3 is 6.09 Å². The lowest BCUT2D eigenvalue weighted by molar-refractivity contribution is 0.0764. The predicted molar refractivity (Wildman–Crippen MR) is 125 cm³/mol. The molecular formula is C23H34N2O3SSi. The lowest BCUT2D eigenvalue weighted by atomic mass is 9.73. The van der Waals surface area contributed by atoms with E-state index in [1.54, 1.807) is 0 Å². The van der Waals surface area contributed by atoms with Crippen LogP contribution in [0.5, 0.6) is 0 Å². The summed E-state index contributed by atoms with van der Waals surface area (Å²) in [5, 5.41) is 9.37. The van der Waals surface area contributed by atoms with Crippen molar-refractivity contribution in [2.24, 2.45) is 5.41 Å². The van der Waals surface area contributed by atoms with Gasteiger partial charge in [-0.2, -0.15) is 0 Å². The maximum atomic E-state index is 13.0. The Morgan fingerprint density at radius 1 is 1.30 bits per heavy atom. The second kappa shape index (κ2) is 8.23. The number of fused-ring (bicyclic) bond motifs is 1. The summed E-state index contributed by atoms with van der Waals surface area (Å²) in [4.78, 5) is 12.9. The molecule has 1 fully saturated rings. The predicted octanol–water partition coefficient (Wildman–Crippen LogP) is 4.32. The smallest absolute Gasteiger partial charge is 0.407 e. The van der Waals surface area contributed by atoms with Gasteiger partial charge in [0, 0.05) is 35.4 Å². The van der Waals surface area contributed by atoms with Gasteiger partial charge in [0.2, 0.25) is 0 Å². The number of nitrogens with zero attached hydrogens (tertiary/aromatic N) is 1. The summed E-state index contributed by atoms with van der Waals surface area (Å²) < 4.78 is 16.1. The van der Waals surface area contributed by atoms with Crippen LogP contribution in [0.4, 0.5) is 4.79 Å². The molecule has 1 aliphatic carbocycles. The second-order valence-corrected chi connectivity index (χ2v) is 17.4. The molecule has 0 aromatic heterocycles. The van der Waals surface area contributed by atoms with E-state index >= 15 is 0 Å². The van der Waals surface area contributed by atoms with Crippen molar-refractivity contribution in [2.75, 3.05) is 13.1 Å². The van der Waals surface area contributed by atoms with E-state index in [1.807, 2.05) is 20.8 Å². The summed E-state index contributed by atoms with van der Waals surface area (Å²) in [6, 6.07) is 6.36. The number of amides is 1. The summed E-state index contributed by atoms with van der Waals surface area (Å²) in [7, 11) is -1.45. The van der Waals surface area contributed by atoms with Crippen molar-refractivity contribution in [3.63, 3.8) is 0 Å². The first-order valence-electron chi connectivity index (χ1n) is 10.6. The number of hydrogen-bond donors (Lipinski definition) is 2. The van der Waals surface area contributed by atoms with Gasteiger partial charge in [0.05, 0.1) is 6.04 Å². The largest absolute Gasteiger partial charge is 0.598 e. The van der Waals surface area contributed by atoms with Crippen molar-refractivity contribution >= 4 is 25.5 Å². The van der Waals surface area contributed by atoms with Gasteiger partial charge in [-0.3, -0.25) is 0 Å².